The van der Waals surface area contributed by atoms with Crippen LogP contribution >= 0.6 is 11.8 Å². The standard InChI is InChI=1S/C22H23N5O3S/c1-3-11-26-20(29)17-9-4-5-10-18(17)27-21(26)24-25-22(27)31-14-19(28)23-13-15-7-6-8-16(12-15)30-2/h4-10,12H,3,11,13-14H2,1-2H3,(H,23,28). The number of para-hydroxylation sites is 1. The van der Waals surface area contributed by atoms with E-state index >= 15 is 0 Å². The van der Waals surface area contributed by atoms with E-state index in [1.165, 1.54) is 11.8 Å². The monoisotopic (exact) mass is 437 g/mol. The highest BCUT2D eigenvalue weighted by atomic mass is 32.2. The fourth-order valence-corrected chi connectivity index (χ4v) is 4.19. The van der Waals surface area contributed by atoms with E-state index in [1.54, 1.807) is 17.7 Å². The van der Waals surface area contributed by atoms with E-state index in [4.69, 9.17) is 4.74 Å². The molecule has 1 N–H and O–H groups in total. The maximum Gasteiger partial charge on any atom is 0.262 e. The minimum Gasteiger partial charge on any atom is -0.497 e. The molecule has 0 fully saturated rings. The summed E-state index contributed by atoms with van der Waals surface area (Å²) in [5.41, 5.74) is 1.62. The predicted octanol–water partition coefficient (Wildman–Crippen LogP) is 2.87. The lowest BCUT2D eigenvalue weighted by molar-refractivity contribution is -0.118. The van der Waals surface area contributed by atoms with E-state index < -0.39 is 0 Å². The molecule has 0 saturated heterocycles. The van der Waals surface area contributed by atoms with E-state index in [1.807, 2.05) is 53.8 Å². The number of aryl methyl sites for hydroxylation is 1. The Bertz CT molecular complexity index is 1300. The van der Waals surface area contributed by atoms with Crippen LogP contribution < -0.4 is 15.6 Å². The van der Waals surface area contributed by atoms with Crippen LogP contribution in [0, 0.1) is 0 Å². The van der Waals surface area contributed by atoms with E-state index in [2.05, 4.69) is 15.5 Å². The van der Waals surface area contributed by atoms with Crippen molar-refractivity contribution in [1.82, 2.24) is 24.5 Å². The van der Waals surface area contributed by atoms with Crippen molar-refractivity contribution in [3.63, 3.8) is 0 Å². The van der Waals surface area contributed by atoms with Crippen LogP contribution in [-0.2, 0) is 17.9 Å². The first-order chi connectivity index (χ1) is 15.1. The Labute approximate surface area is 183 Å². The van der Waals surface area contributed by atoms with Gasteiger partial charge in [-0.3, -0.25) is 18.6 Å². The molecule has 160 valence electrons. The molecular weight excluding hydrogens is 414 g/mol. The molecule has 2 heterocycles. The van der Waals surface area contributed by atoms with Gasteiger partial charge in [-0.1, -0.05) is 43.0 Å². The van der Waals surface area contributed by atoms with Crippen molar-refractivity contribution >= 4 is 34.3 Å². The van der Waals surface area contributed by atoms with Gasteiger partial charge in [0.15, 0.2) is 5.16 Å². The second-order valence-electron chi connectivity index (χ2n) is 7.01. The van der Waals surface area contributed by atoms with Crippen molar-refractivity contribution in [2.75, 3.05) is 12.9 Å². The SMILES string of the molecule is CCCn1c(=O)c2ccccc2n2c(SCC(=O)NCc3cccc(OC)c3)nnc12. The van der Waals surface area contributed by atoms with Gasteiger partial charge in [-0.2, -0.15) is 0 Å². The highest BCUT2D eigenvalue weighted by Crippen LogP contribution is 2.21. The summed E-state index contributed by atoms with van der Waals surface area (Å²) in [5, 5.41) is 12.6. The molecule has 0 saturated carbocycles. The number of fused-ring (bicyclic) bond motifs is 3. The third-order valence-corrected chi connectivity index (χ3v) is 5.81. The summed E-state index contributed by atoms with van der Waals surface area (Å²) in [7, 11) is 1.61. The van der Waals surface area contributed by atoms with Gasteiger partial charge in [-0.25, -0.2) is 0 Å². The highest BCUT2D eigenvalue weighted by molar-refractivity contribution is 7.99. The van der Waals surface area contributed by atoms with Gasteiger partial charge in [0, 0.05) is 13.1 Å². The number of amides is 1. The second-order valence-corrected chi connectivity index (χ2v) is 7.95. The first-order valence-electron chi connectivity index (χ1n) is 10.0. The molecule has 0 aliphatic rings. The van der Waals surface area contributed by atoms with E-state index in [-0.39, 0.29) is 17.2 Å². The number of carbonyl (C=O) groups is 1. The summed E-state index contributed by atoms with van der Waals surface area (Å²) >= 11 is 1.29. The Morgan fingerprint density at radius 1 is 1.16 bits per heavy atom. The third-order valence-electron chi connectivity index (χ3n) is 4.88. The zero-order valence-electron chi connectivity index (χ0n) is 17.4. The van der Waals surface area contributed by atoms with Crippen LogP contribution in [0.4, 0.5) is 0 Å². The smallest absolute Gasteiger partial charge is 0.262 e. The number of ether oxygens (including phenoxy) is 1. The molecule has 1 amide bonds. The molecule has 31 heavy (non-hydrogen) atoms. The Hall–Kier alpha value is -3.33. The average molecular weight is 438 g/mol. The highest BCUT2D eigenvalue weighted by Gasteiger charge is 2.17. The molecule has 0 bridgehead atoms. The maximum absolute atomic E-state index is 12.9. The normalized spacial score (nSPS) is 11.2. The number of carbonyl (C=O) groups excluding carboxylic acids is 1. The second kappa shape index (κ2) is 9.22. The number of aromatic nitrogens is 4. The molecule has 0 aliphatic carbocycles. The number of nitrogens with one attached hydrogen (secondary N) is 1. The van der Waals surface area contributed by atoms with Crippen LogP contribution in [0.5, 0.6) is 5.75 Å². The number of hydrogen-bond acceptors (Lipinski definition) is 6. The number of hydrogen-bond donors (Lipinski definition) is 1. The zero-order chi connectivity index (χ0) is 21.8. The van der Waals surface area contributed by atoms with Gasteiger partial charge in [-0.05, 0) is 36.2 Å². The van der Waals surface area contributed by atoms with Gasteiger partial charge in [0.25, 0.3) is 5.56 Å². The maximum atomic E-state index is 12.9. The van der Waals surface area contributed by atoms with Crippen molar-refractivity contribution in [1.29, 1.82) is 0 Å². The topological polar surface area (TPSA) is 90.5 Å². The van der Waals surface area contributed by atoms with E-state index in [0.717, 1.165) is 23.3 Å². The molecule has 4 aromatic rings. The lowest BCUT2D eigenvalue weighted by atomic mass is 10.2. The summed E-state index contributed by atoms with van der Waals surface area (Å²) in [6.45, 7) is 2.98. The predicted molar refractivity (Wildman–Crippen MR) is 121 cm³/mol. The summed E-state index contributed by atoms with van der Waals surface area (Å²) in [6.07, 6.45) is 0.802. The Morgan fingerprint density at radius 2 is 2.00 bits per heavy atom. The minimum atomic E-state index is -0.115. The Kier molecular flexibility index (Phi) is 6.22. The molecule has 0 unspecified atom stereocenters. The van der Waals surface area contributed by atoms with Crippen LogP contribution in [0.2, 0.25) is 0 Å². The molecular formula is C22H23N5O3S. The summed E-state index contributed by atoms with van der Waals surface area (Å²) in [4.78, 5) is 25.3. The number of thioether (sulfide) groups is 1. The van der Waals surface area contributed by atoms with Gasteiger partial charge >= 0.3 is 0 Å². The van der Waals surface area contributed by atoms with Crippen molar-refractivity contribution in [2.45, 2.75) is 31.6 Å². The molecule has 2 aromatic carbocycles. The summed E-state index contributed by atoms with van der Waals surface area (Å²) < 4.78 is 8.71. The fourth-order valence-electron chi connectivity index (χ4n) is 3.42. The number of nitrogens with zero attached hydrogens (tertiary/aromatic N) is 4. The van der Waals surface area contributed by atoms with Crippen LogP contribution in [0.25, 0.3) is 16.7 Å². The average Bonchev–Trinajstić information content (AvgIpc) is 3.23. The lowest BCUT2D eigenvalue weighted by Crippen LogP contribution is -2.25. The van der Waals surface area contributed by atoms with Crippen LogP contribution in [0.3, 0.4) is 0 Å². The van der Waals surface area contributed by atoms with Crippen LogP contribution in [0.1, 0.15) is 18.9 Å². The van der Waals surface area contributed by atoms with E-state index in [9.17, 15) is 9.59 Å². The number of methoxy groups -OCH3 is 1. The third kappa shape index (κ3) is 4.27. The van der Waals surface area contributed by atoms with Crippen LogP contribution in [-0.4, -0.2) is 37.9 Å². The van der Waals surface area contributed by atoms with Crippen molar-refractivity contribution in [2.24, 2.45) is 0 Å². The largest absolute Gasteiger partial charge is 0.497 e. The Morgan fingerprint density at radius 3 is 2.81 bits per heavy atom. The summed E-state index contributed by atoms with van der Waals surface area (Å²) in [5.74, 6) is 1.31. The molecule has 2 aromatic heterocycles. The van der Waals surface area contributed by atoms with Gasteiger partial charge in [0.05, 0.1) is 23.8 Å². The fraction of sp³-hybridized carbons (Fsp3) is 0.273. The molecule has 0 aliphatic heterocycles. The van der Waals surface area contributed by atoms with Gasteiger partial charge < -0.3 is 10.1 Å². The molecule has 4 rings (SSSR count). The first-order valence-corrected chi connectivity index (χ1v) is 11.0. The molecule has 9 heteroatoms. The van der Waals surface area contributed by atoms with Crippen molar-refractivity contribution in [3.05, 3.63) is 64.4 Å². The van der Waals surface area contributed by atoms with Crippen LogP contribution in [0.15, 0.2) is 58.5 Å². The quantitative estimate of drug-likeness (QED) is 0.426. The van der Waals surface area contributed by atoms with E-state index in [0.29, 0.717) is 29.4 Å². The first kappa shape index (κ1) is 20.9. The minimum absolute atomic E-state index is 0.0788. The van der Waals surface area contributed by atoms with Gasteiger partial charge in [-0.15, -0.1) is 10.2 Å². The molecule has 0 spiro atoms. The van der Waals surface area contributed by atoms with Gasteiger partial charge in [0.2, 0.25) is 11.7 Å². The number of benzene rings is 2. The molecule has 0 atom stereocenters. The van der Waals surface area contributed by atoms with Crippen molar-refractivity contribution in [3.8, 4) is 5.75 Å². The lowest BCUT2D eigenvalue weighted by Gasteiger charge is -2.10. The molecule has 0 radical (unpaired) electrons. The van der Waals surface area contributed by atoms with Crippen molar-refractivity contribution < 1.29 is 9.53 Å². The molecule has 8 nitrogen and oxygen atoms in total. The van der Waals surface area contributed by atoms with Gasteiger partial charge in [0.1, 0.15) is 5.75 Å². The number of rotatable bonds is 8. The summed E-state index contributed by atoms with van der Waals surface area (Å²) in [6, 6.07) is 15.0. The Balaban J connectivity index is 1.55. The zero-order valence-corrected chi connectivity index (χ0v) is 18.2.